The molecule has 2 heterocycles. The summed E-state index contributed by atoms with van der Waals surface area (Å²) >= 11 is 0. The fourth-order valence-corrected chi connectivity index (χ4v) is 2.73. The zero-order valence-corrected chi connectivity index (χ0v) is 12.3. The summed E-state index contributed by atoms with van der Waals surface area (Å²) in [5, 5.41) is 4.43. The number of hydrogen-bond donors (Lipinski definition) is 1. The largest absolute Gasteiger partial charge is 0.330 e. The minimum Gasteiger partial charge on any atom is -0.330 e. The van der Waals surface area contributed by atoms with Crippen molar-refractivity contribution in [1.29, 1.82) is 0 Å². The second-order valence-corrected chi connectivity index (χ2v) is 5.20. The van der Waals surface area contributed by atoms with Gasteiger partial charge < -0.3 is 5.73 Å². The molecule has 1 aromatic heterocycles. The van der Waals surface area contributed by atoms with Gasteiger partial charge in [0.1, 0.15) is 0 Å². The monoisotopic (exact) mass is 292 g/mol. The van der Waals surface area contributed by atoms with Gasteiger partial charge in [0, 0.05) is 19.3 Å². The lowest BCUT2D eigenvalue weighted by Gasteiger charge is -2.16. The van der Waals surface area contributed by atoms with E-state index in [4.69, 9.17) is 5.73 Å². The molecule has 0 spiro atoms. The number of halogens is 1. The van der Waals surface area contributed by atoms with Crippen molar-refractivity contribution in [2.24, 2.45) is 11.7 Å². The van der Waals surface area contributed by atoms with Crippen molar-refractivity contribution in [2.75, 3.05) is 19.6 Å². The molecule has 1 atom stereocenters. The first kappa shape index (κ1) is 15.0. The van der Waals surface area contributed by atoms with Crippen LogP contribution in [-0.2, 0) is 6.54 Å². The van der Waals surface area contributed by atoms with Crippen LogP contribution in [0.25, 0.3) is 5.69 Å². The van der Waals surface area contributed by atoms with Crippen LogP contribution in [0.5, 0.6) is 0 Å². The number of likely N-dealkylation sites (tertiary alicyclic amines) is 1. The van der Waals surface area contributed by atoms with Crippen molar-refractivity contribution in [3.63, 3.8) is 0 Å². The summed E-state index contributed by atoms with van der Waals surface area (Å²) in [5.74, 6) is 0.660. The maximum Gasteiger partial charge on any atom is 0.0649 e. The molecule has 1 saturated heterocycles. The van der Waals surface area contributed by atoms with Crippen LogP contribution in [0.2, 0.25) is 0 Å². The Kier molecular flexibility index (Phi) is 5.17. The molecule has 108 valence electrons. The molecule has 0 aliphatic carbocycles. The number of nitrogens with two attached hydrogens (primary N) is 1. The Bertz CT molecular complexity index is 526. The molecule has 2 N–H and O–H groups in total. The molecule has 4 nitrogen and oxygen atoms in total. The Hall–Kier alpha value is -1.36. The summed E-state index contributed by atoms with van der Waals surface area (Å²) in [5.41, 5.74) is 8.11. The van der Waals surface area contributed by atoms with Crippen LogP contribution in [0.3, 0.4) is 0 Å². The zero-order valence-electron chi connectivity index (χ0n) is 11.5. The summed E-state index contributed by atoms with van der Waals surface area (Å²) in [7, 11) is 0. The first-order valence-corrected chi connectivity index (χ1v) is 6.87. The molecule has 1 aromatic carbocycles. The minimum atomic E-state index is 0. The Labute approximate surface area is 126 Å². The van der Waals surface area contributed by atoms with E-state index in [1.807, 2.05) is 29.1 Å². The van der Waals surface area contributed by atoms with Gasteiger partial charge in [0.2, 0.25) is 0 Å². The standard InChI is InChI=1S/C15H20N4.ClH/c16-10-13-7-9-18(11-13)12-15-6-8-17-19(15)14-4-2-1-3-5-14;/h1-6,8,13H,7,9-12,16H2;1H. The van der Waals surface area contributed by atoms with E-state index in [0.29, 0.717) is 5.92 Å². The summed E-state index contributed by atoms with van der Waals surface area (Å²) in [4.78, 5) is 2.47. The molecule has 1 aliphatic heterocycles. The summed E-state index contributed by atoms with van der Waals surface area (Å²) < 4.78 is 2.02. The highest BCUT2D eigenvalue weighted by Crippen LogP contribution is 2.19. The molecular formula is C15H21ClN4. The fraction of sp³-hybridized carbons (Fsp3) is 0.400. The number of rotatable bonds is 4. The van der Waals surface area contributed by atoms with Crippen LogP contribution < -0.4 is 5.73 Å². The number of nitrogens with zero attached hydrogens (tertiary/aromatic N) is 3. The molecule has 0 radical (unpaired) electrons. The van der Waals surface area contributed by atoms with E-state index in [9.17, 15) is 0 Å². The summed E-state index contributed by atoms with van der Waals surface area (Å²) in [6, 6.07) is 12.4. The average molecular weight is 293 g/mol. The van der Waals surface area contributed by atoms with Crippen molar-refractivity contribution in [3.05, 3.63) is 48.3 Å². The number of hydrogen-bond acceptors (Lipinski definition) is 3. The predicted octanol–water partition coefficient (Wildman–Crippen LogP) is 2.07. The average Bonchev–Trinajstić information content (AvgIpc) is 3.09. The number of benzene rings is 1. The highest BCUT2D eigenvalue weighted by Gasteiger charge is 2.22. The van der Waals surface area contributed by atoms with Gasteiger partial charge in [-0.05, 0) is 43.6 Å². The minimum absolute atomic E-state index is 0. The highest BCUT2D eigenvalue weighted by atomic mass is 35.5. The highest BCUT2D eigenvalue weighted by molar-refractivity contribution is 5.85. The van der Waals surface area contributed by atoms with Crippen LogP contribution >= 0.6 is 12.4 Å². The van der Waals surface area contributed by atoms with E-state index in [1.165, 1.54) is 12.1 Å². The van der Waals surface area contributed by atoms with Crippen LogP contribution in [-0.4, -0.2) is 34.3 Å². The van der Waals surface area contributed by atoms with E-state index >= 15 is 0 Å². The topological polar surface area (TPSA) is 47.1 Å². The Balaban J connectivity index is 0.00000147. The van der Waals surface area contributed by atoms with Gasteiger partial charge in [-0.15, -0.1) is 12.4 Å². The van der Waals surface area contributed by atoms with Gasteiger partial charge in [0.25, 0.3) is 0 Å². The van der Waals surface area contributed by atoms with E-state index in [-0.39, 0.29) is 12.4 Å². The number of para-hydroxylation sites is 1. The van der Waals surface area contributed by atoms with Crippen LogP contribution in [0.1, 0.15) is 12.1 Å². The Morgan fingerprint density at radius 2 is 2.00 bits per heavy atom. The third kappa shape index (κ3) is 3.20. The summed E-state index contributed by atoms with van der Waals surface area (Å²) in [6.07, 6.45) is 3.09. The lowest BCUT2D eigenvalue weighted by molar-refractivity contribution is 0.311. The second kappa shape index (κ2) is 6.88. The zero-order chi connectivity index (χ0) is 13.1. The van der Waals surface area contributed by atoms with Crippen molar-refractivity contribution in [2.45, 2.75) is 13.0 Å². The lowest BCUT2D eigenvalue weighted by atomic mass is 10.1. The molecule has 3 rings (SSSR count). The van der Waals surface area contributed by atoms with Gasteiger partial charge in [0.15, 0.2) is 0 Å². The molecule has 0 amide bonds. The van der Waals surface area contributed by atoms with Gasteiger partial charge in [0.05, 0.1) is 11.4 Å². The Morgan fingerprint density at radius 1 is 1.20 bits per heavy atom. The first-order chi connectivity index (χ1) is 9.36. The van der Waals surface area contributed by atoms with Gasteiger partial charge in [-0.25, -0.2) is 4.68 Å². The molecule has 1 aliphatic rings. The van der Waals surface area contributed by atoms with Gasteiger partial charge >= 0.3 is 0 Å². The molecule has 2 aromatic rings. The van der Waals surface area contributed by atoms with E-state index < -0.39 is 0 Å². The third-order valence-corrected chi connectivity index (χ3v) is 3.81. The van der Waals surface area contributed by atoms with Crippen molar-refractivity contribution in [1.82, 2.24) is 14.7 Å². The Morgan fingerprint density at radius 3 is 2.70 bits per heavy atom. The third-order valence-electron chi connectivity index (χ3n) is 3.81. The van der Waals surface area contributed by atoms with Gasteiger partial charge in [-0.1, -0.05) is 18.2 Å². The SMILES string of the molecule is Cl.NCC1CCN(Cc2ccnn2-c2ccccc2)C1. The second-order valence-electron chi connectivity index (χ2n) is 5.20. The smallest absolute Gasteiger partial charge is 0.0649 e. The van der Waals surface area contributed by atoms with E-state index in [0.717, 1.165) is 31.9 Å². The van der Waals surface area contributed by atoms with E-state index in [2.05, 4.69) is 28.2 Å². The van der Waals surface area contributed by atoms with Crippen molar-refractivity contribution < 1.29 is 0 Å². The van der Waals surface area contributed by atoms with Crippen molar-refractivity contribution in [3.8, 4) is 5.69 Å². The van der Waals surface area contributed by atoms with Crippen LogP contribution in [0.15, 0.2) is 42.6 Å². The molecule has 1 unspecified atom stereocenters. The number of aromatic nitrogens is 2. The molecule has 5 heteroatoms. The molecule has 20 heavy (non-hydrogen) atoms. The maximum absolute atomic E-state index is 5.75. The van der Waals surface area contributed by atoms with Crippen molar-refractivity contribution >= 4 is 12.4 Å². The predicted molar refractivity (Wildman–Crippen MR) is 83.3 cm³/mol. The van der Waals surface area contributed by atoms with Crippen LogP contribution in [0, 0.1) is 5.92 Å². The molecular weight excluding hydrogens is 272 g/mol. The maximum atomic E-state index is 5.75. The molecule has 0 bridgehead atoms. The first-order valence-electron chi connectivity index (χ1n) is 6.87. The molecule has 1 fully saturated rings. The fourth-order valence-electron chi connectivity index (χ4n) is 2.73. The van der Waals surface area contributed by atoms with Gasteiger partial charge in [-0.2, -0.15) is 5.10 Å². The van der Waals surface area contributed by atoms with Crippen LogP contribution in [0.4, 0.5) is 0 Å². The summed E-state index contributed by atoms with van der Waals surface area (Å²) in [6.45, 7) is 4.00. The lowest BCUT2D eigenvalue weighted by Crippen LogP contribution is -2.24. The quantitative estimate of drug-likeness (QED) is 0.938. The normalized spacial score (nSPS) is 18.9. The molecule has 0 saturated carbocycles. The van der Waals surface area contributed by atoms with Gasteiger partial charge in [-0.3, -0.25) is 4.90 Å². The van der Waals surface area contributed by atoms with E-state index in [1.54, 1.807) is 0 Å².